The molecule has 0 aliphatic carbocycles. The summed E-state index contributed by atoms with van der Waals surface area (Å²) in [4.78, 5) is 2.32. The SMILES string of the molecule is O=S(=O)(O)SCCCN1CCCC1. The third-order valence-corrected chi connectivity index (χ3v) is 4.20. The zero-order chi connectivity index (χ0) is 9.73. The van der Waals surface area contributed by atoms with Crippen LogP contribution in [0, 0.1) is 0 Å². The lowest BCUT2D eigenvalue weighted by Crippen LogP contribution is -2.20. The first-order chi connectivity index (χ1) is 6.08. The van der Waals surface area contributed by atoms with Crippen LogP contribution in [0.3, 0.4) is 0 Å². The Hall–Kier alpha value is 0.220. The van der Waals surface area contributed by atoms with Gasteiger partial charge in [0.25, 0.3) is 0 Å². The Kier molecular flexibility index (Phi) is 4.51. The maximum absolute atomic E-state index is 10.3. The molecular weight excluding hydrogens is 210 g/mol. The lowest BCUT2D eigenvalue weighted by atomic mass is 10.4. The van der Waals surface area contributed by atoms with Gasteiger partial charge in [-0.1, -0.05) is 0 Å². The third-order valence-electron chi connectivity index (χ3n) is 2.05. The fraction of sp³-hybridized carbons (Fsp3) is 1.00. The molecule has 1 rings (SSSR count). The van der Waals surface area contributed by atoms with Crippen molar-refractivity contribution < 1.29 is 13.0 Å². The molecule has 0 aromatic carbocycles. The van der Waals surface area contributed by atoms with Crippen LogP contribution in [-0.4, -0.2) is 43.3 Å². The normalized spacial score (nSPS) is 19.5. The minimum absolute atomic E-state index is 0.481. The zero-order valence-electron chi connectivity index (χ0n) is 7.48. The monoisotopic (exact) mass is 225 g/mol. The average molecular weight is 225 g/mol. The van der Waals surface area contributed by atoms with Gasteiger partial charge in [0.1, 0.15) is 0 Å². The smallest absolute Gasteiger partial charge is 0.303 e. The Labute approximate surface area is 82.8 Å². The minimum atomic E-state index is -3.82. The molecule has 0 bridgehead atoms. The number of rotatable bonds is 5. The topological polar surface area (TPSA) is 57.6 Å². The number of hydrogen-bond acceptors (Lipinski definition) is 4. The lowest BCUT2D eigenvalue weighted by molar-refractivity contribution is 0.341. The van der Waals surface area contributed by atoms with E-state index in [4.69, 9.17) is 4.55 Å². The van der Waals surface area contributed by atoms with E-state index in [1.807, 2.05) is 0 Å². The van der Waals surface area contributed by atoms with Gasteiger partial charge in [-0.05, 0) is 49.7 Å². The summed E-state index contributed by atoms with van der Waals surface area (Å²) in [5.74, 6) is 0.481. The number of hydrogen-bond donors (Lipinski definition) is 1. The zero-order valence-corrected chi connectivity index (χ0v) is 9.11. The summed E-state index contributed by atoms with van der Waals surface area (Å²) in [6.45, 7) is 3.22. The van der Waals surface area contributed by atoms with Gasteiger partial charge in [-0.15, -0.1) is 0 Å². The van der Waals surface area contributed by atoms with E-state index in [9.17, 15) is 8.42 Å². The maximum Gasteiger partial charge on any atom is 0.319 e. The number of likely N-dealkylation sites (tertiary alicyclic amines) is 1. The van der Waals surface area contributed by atoms with Crippen LogP contribution in [0.15, 0.2) is 0 Å². The van der Waals surface area contributed by atoms with Crippen LogP contribution in [0.1, 0.15) is 19.3 Å². The van der Waals surface area contributed by atoms with Crippen molar-refractivity contribution in [1.82, 2.24) is 4.90 Å². The van der Waals surface area contributed by atoms with E-state index >= 15 is 0 Å². The van der Waals surface area contributed by atoms with Crippen LogP contribution in [0.4, 0.5) is 0 Å². The predicted molar refractivity (Wildman–Crippen MR) is 54.3 cm³/mol. The molecule has 0 saturated carbocycles. The fourth-order valence-corrected chi connectivity index (χ4v) is 2.90. The fourth-order valence-electron chi connectivity index (χ4n) is 1.46. The first kappa shape index (κ1) is 11.3. The molecule has 13 heavy (non-hydrogen) atoms. The maximum atomic E-state index is 10.3. The van der Waals surface area contributed by atoms with E-state index in [1.54, 1.807) is 0 Å². The first-order valence-electron chi connectivity index (χ1n) is 4.42. The minimum Gasteiger partial charge on any atom is -0.303 e. The third kappa shape index (κ3) is 5.51. The summed E-state index contributed by atoms with van der Waals surface area (Å²) in [5.41, 5.74) is 0. The first-order valence-corrected chi connectivity index (χ1v) is 7.36. The van der Waals surface area contributed by atoms with Gasteiger partial charge in [-0.25, -0.2) is 0 Å². The Morgan fingerprint density at radius 3 is 2.46 bits per heavy atom. The molecule has 0 spiro atoms. The summed E-state index contributed by atoms with van der Waals surface area (Å²) < 4.78 is 29.1. The molecular formula is C7H15NO3S2. The van der Waals surface area contributed by atoms with Crippen molar-refractivity contribution in [3.05, 3.63) is 0 Å². The summed E-state index contributed by atoms with van der Waals surface area (Å²) >= 11 is 0. The van der Waals surface area contributed by atoms with Gasteiger partial charge in [-0.2, -0.15) is 8.42 Å². The largest absolute Gasteiger partial charge is 0.319 e. The Balaban J connectivity index is 2.01. The second-order valence-electron chi connectivity index (χ2n) is 3.15. The van der Waals surface area contributed by atoms with Crippen LogP contribution >= 0.6 is 10.8 Å². The highest BCUT2D eigenvalue weighted by atomic mass is 33.1. The van der Waals surface area contributed by atoms with Gasteiger partial charge in [0, 0.05) is 5.75 Å². The van der Waals surface area contributed by atoms with E-state index < -0.39 is 9.15 Å². The van der Waals surface area contributed by atoms with Crippen LogP contribution in [0.2, 0.25) is 0 Å². The highest BCUT2D eigenvalue weighted by Crippen LogP contribution is 2.12. The highest BCUT2D eigenvalue weighted by molar-refractivity contribution is 8.69. The van der Waals surface area contributed by atoms with Crippen molar-refractivity contribution in [3.63, 3.8) is 0 Å². The molecule has 1 aliphatic rings. The Morgan fingerprint density at radius 2 is 1.92 bits per heavy atom. The van der Waals surface area contributed by atoms with Gasteiger partial charge in [0.15, 0.2) is 0 Å². The van der Waals surface area contributed by atoms with Crippen molar-refractivity contribution in [1.29, 1.82) is 0 Å². The molecule has 1 N–H and O–H groups in total. The van der Waals surface area contributed by atoms with Crippen LogP contribution in [0.25, 0.3) is 0 Å². The van der Waals surface area contributed by atoms with Crippen LogP contribution in [0.5, 0.6) is 0 Å². The molecule has 0 amide bonds. The highest BCUT2D eigenvalue weighted by Gasteiger charge is 2.11. The van der Waals surface area contributed by atoms with Crippen LogP contribution < -0.4 is 0 Å². The van der Waals surface area contributed by atoms with E-state index in [-0.39, 0.29) is 0 Å². The van der Waals surface area contributed by atoms with E-state index in [2.05, 4.69) is 4.90 Å². The standard InChI is InChI=1S/C7H15NO3S2/c9-13(10,11)12-7-3-6-8-4-1-2-5-8/h1-7H2,(H,9,10,11). The molecule has 0 aromatic heterocycles. The lowest BCUT2D eigenvalue weighted by Gasteiger charge is -2.12. The molecule has 0 aromatic rings. The Bertz CT molecular complexity index is 234. The predicted octanol–water partition coefficient (Wildman–Crippen LogP) is 1.01. The van der Waals surface area contributed by atoms with Gasteiger partial charge in [0.05, 0.1) is 0 Å². The van der Waals surface area contributed by atoms with E-state index in [0.717, 1.165) is 26.1 Å². The molecule has 0 unspecified atom stereocenters. The molecule has 1 fully saturated rings. The molecule has 1 saturated heterocycles. The summed E-state index contributed by atoms with van der Waals surface area (Å²) in [7, 11) is -3.20. The van der Waals surface area contributed by atoms with Crippen molar-refractivity contribution in [2.45, 2.75) is 19.3 Å². The van der Waals surface area contributed by atoms with Crippen molar-refractivity contribution in [2.75, 3.05) is 25.4 Å². The van der Waals surface area contributed by atoms with Gasteiger partial charge >= 0.3 is 9.15 Å². The quantitative estimate of drug-likeness (QED) is 0.430. The summed E-state index contributed by atoms with van der Waals surface area (Å²) in [6.07, 6.45) is 3.33. The molecule has 78 valence electrons. The molecule has 6 heteroatoms. The molecule has 0 radical (unpaired) electrons. The van der Waals surface area contributed by atoms with Gasteiger partial charge in [-0.3, -0.25) is 4.55 Å². The molecule has 4 nitrogen and oxygen atoms in total. The second kappa shape index (κ2) is 5.19. The van der Waals surface area contributed by atoms with Gasteiger partial charge < -0.3 is 4.90 Å². The molecule has 1 heterocycles. The van der Waals surface area contributed by atoms with E-state index in [1.165, 1.54) is 12.8 Å². The van der Waals surface area contributed by atoms with Crippen molar-refractivity contribution in [2.24, 2.45) is 0 Å². The van der Waals surface area contributed by atoms with Crippen LogP contribution in [-0.2, 0) is 9.15 Å². The van der Waals surface area contributed by atoms with Crippen molar-refractivity contribution in [3.8, 4) is 0 Å². The average Bonchev–Trinajstić information content (AvgIpc) is 2.48. The van der Waals surface area contributed by atoms with Crippen molar-refractivity contribution >= 4 is 19.9 Å². The van der Waals surface area contributed by atoms with E-state index in [0.29, 0.717) is 16.5 Å². The second-order valence-corrected chi connectivity index (χ2v) is 6.62. The summed E-state index contributed by atoms with van der Waals surface area (Å²) in [5, 5.41) is 0. The molecule has 0 atom stereocenters. The number of nitrogens with zero attached hydrogens (tertiary/aromatic N) is 1. The molecule has 1 aliphatic heterocycles. The summed E-state index contributed by atoms with van der Waals surface area (Å²) in [6, 6.07) is 0. The van der Waals surface area contributed by atoms with Gasteiger partial charge in [0.2, 0.25) is 0 Å². The Morgan fingerprint density at radius 1 is 1.31 bits per heavy atom.